The van der Waals surface area contributed by atoms with Gasteiger partial charge in [-0.3, -0.25) is 19.3 Å². The molecule has 1 aliphatic carbocycles. The van der Waals surface area contributed by atoms with Gasteiger partial charge < -0.3 is 4.74 Å². The maximum atomic E-state index is 12.9. The normalized spacial score (nSPS) is 20.8. The number of hydrogen-bond acceptors (Lipinski definition) is 5. The molecule has 0 spiro atoms. The molecule has 180 valence electrons. The average molecular weight is 480 g/mol. The van der Waals surface area contributed by atoms with Gasteiger partial charge in [0.2, 0.25) is 11.8 Å². The minimum absolute atomic E-state index is 0.00605. The summed E-state index contributed by atoms with van der Waals surface area (Å²) in [5.74, 6) is -2.05. The third-order valence-corrected chi connectivity index (χ3v) is 6.88. The van der Waals surface area contributed by atoms with Gasteiger partial charge in [0, 0.05) is 5.56 Å². The van der Waals surface area contributed by atoms with E-state index in [0.717, 1.165) is 11.1 Å². The summed E-state index contributed by atoms with van der Waals surface area (Å²) in [6, 6.07) is 23.1. The van der Waals surface area contributed by atoms with E-state index in [-0.39, 0.29) is 47.5 Å². The van der Waals surface area contributed by atoms with Crippen molar-refractivity contribution < 1.29 is 23.9 Å². The molecule has 3 atom stereocenters. The van der Waals surface area contributed by atoms with Crippen LogP contribution in [0, 0.1) is 17.8 Å². The molecule has 0 unspecified atom stereocenters. The number of ether oxygens (including phenoxy) is 1. The smallest absolute Gasteiger partial charge is 0.338 e. The highest BCUT2D eigenvalue weighted by Gasteiger charge is 2.50. The molecule has 0 bridgehead atoms. The van der Waals surface area contributed by atoms with Crippen LogP contribution < -0.4 is 4.90 Å². The second kappa shape index (κ2) is 9.74. The lowest BCUT2D eigenvalue weighted by Crippen LogP contribution is -2.31. The molecule has 6 heteroatoms. The number of esters is 1. The van der Waals surface area contributed by atoms with E-state index in [1.54, 1.807) is 24.3 Å². The van der Waals surface area contributed by atoms with Gasteiger partial charge in [0.15, 0.2) is 12.4 Å². The first-order valence-electron chi connectivity index (χ1n) is 11.9. The lowest BCUT2D eigenvalue weighted by molar-refractivity contribution is -0.122. The van der Waals surface area contributed by atoms with Gasteiger partial charge in [-0.1, -0.05) is 73.7 Å². The van der Waals surface area contributed by atoms with Crippen molar-refractivity contribution in [3.8, 4) is 11.1 Å². The Morgan fingerprint density at radius 2 is 1.47 bits per heavy atom. The molecule has 1 heterocycles. The van der Waals surface area contributed by atoms with E-state index in [4.69, 9.17) is 4.74 Å². The number of imide groups is 1. The van der Waals surface area contributed by atoms with Crippen LogP contribution in [0.25, 0.3) is 11.1 Å². The molecule has 3 aromatic carbocycles. The summed E-state index contributed by atoms with van der Waals surface area (Å²) in [6.45, 7) is 1.56. The molecule has 2 amide bonds. The van der Waals surface area contributed by atoms with Crippen molar-refractivity contribution >= 4 is 29.3 Å². The van der Waals surface area contributed by atoms with Crippen molar-refractivity contribution in [1.29, 1.82) is 0 Å². The predicted octanol–water partition coefficient (Wildman–Crippen LogP) is 5.09. The van der Waals surface area contributed by atoms with Gasteiger partial charge in [0.1, 0.15) is 0 Å². The van der Waals surface area contributed by atoms with E-state index >= 15 is 0 Å². The number of ketones is 1. The number of carbonyl (C=O) groups excluding carboxylic acids is 4. The van der Waals surface area contributed by atoms with Crippen LogP contribution in [0.4, 0.5) is 5.69 Å². The molecule has 36 heavy (non-hydrogen) atoms. The molecule has 1 saturated heterocycles. The molecule has 0 N–H and O–H groups in total. The van der Waals surface area contributed by atoms with Crippen molar-refractivity contribution in [2.75, 3.05) is 11.5 Å². The SMILES string of the molecule is C[C@H]1C=CC[C@@H]2C(=O)N(c3ccc(C(=O)OCC(=O)c4ccc(-c5ccccc5)cc4)cc3)C(=O)[C@@H]21. The van der Waals surface area contributed by atoms with E-state index in [1.165, 1.54) is 17.0 Å². The van der Waals surface area contributed by atoms with Crippen LogP contribution in [0.5, 0.6) is 0 Å². The van der Waals surface area contributed by atoms with Crippen molar-refractivity contribution in [2.45, 2.75) is 13.3 Å². The van der Waals surface area contributed by atoms with Crippen LogP contribution >= 0.6 is 0 Å². The summed E-state index contributed by atoms with van der Waals surface area (Å²) < 4.78 is 5.21. The van der Waals surface area contributed by atoms with E-state index in [2.05, 4.69) is 0 Å². The average Bonchev–Trinajstić information content (AvgIpc) is 3.18. The van der Waals surface area contributed by atoms with E-state index in [0.29, 0.717) is 17.7 Å². The third kappa shape index (κ3) is 4.38. The van der Waals surface area contributed by atoms with E-state index in [1.807, 2.05) is 61.5 Å². The second-order valence-corrected chi connectivity index (χ2v) is 9.16. The maximum absolute atomic E-state index is 12.9. The summed E-state index contributed by atoms with van der Waals surface area (Å²) in [5.41, 5.74) is 3.15. The lowest BCUT2D eigenvalue weighted by atomic mass is 9.78. The Bertz CT molecular complexity index is 1340. The number of nitrogens with zero attached hydrogens (tertiary/aromatic N) is 1. The zero-order valence-electron chi connectivity index (χ0n) is 19.8. The number of amides is 2. The molecule has 3 aromatic rings. The van der Waals surface area contributed by atoms with Crippen LogP contribution in [0.2, 0.25) is 0 Å². The molecule has 5 rings (SSSR count). The first-order chi connectivity index (χ1) is 17.4. The first-order valence-corrected chi connectivity index (χ1v) is 11.9. The number of carbonyl (C=O) groups is 4. The molecule has 0 aromatic heterocycles. The zero-order chi connectivity index (χ0) is 25.2. The third-order valence-electron chi connectivity index (χ3n) is 6.88. The fraction of sp³-hybridized carbons (Fsp3) is 0.200. The lowest BCUT2D eigenvalue weighted by Gasteiger charge is -2.22. The van der Waals surface area contributed by atoms with Gasteiger partial charge in [-0.05, 0) is 47.7 Å². The number of fused-ring (bicyclic) bond motifs is 1. The summed E-state index contributed by atoms with van der Waals surface area (Å²) in [4.78, 5) is 52.0. The van der Waals surface area contributed by atoms with Crippen LogP contribution in [-0.4, -0.2) is 30.2 Å². The van der Waals surface area contributed by atoms with Crippen LogP contribution in [0.15, 0.2) is 91.0 Å². The number of rotatable bonds is 6. The Labute approximate surface area is 209 Å². The van der Waals surface area contributed by atoms with Crippen LogP contribution in [-0.2, 0) is 14.3 Å². The molecule has 2 aliphatic rings. The fourth-order valence-electron chi connectivity index (χ4n) is 4.93. The molecular formula is C30H25NO5. The fourth-order valence-corrected chi connectivity index (χ4v) is 4.93. The Kier molecular flexibility index (Phi) is 6.34. The van der Waals surface area contributed by atoms with Gasteiger partial charge >= 0.3 is 5.97 Å². The summed E-state index contributed by atoms with van der Waals surface area (Å²) in [6.07, 6.45) is 4.50. The summed E-state index contributed by atoms with van der Waals surface area (Å²) >= 11 is 0. The Morgan fingerprint density at radius 1 is 0.833 bits per heavy atom. The summed E-state index contributed by atoms with van der Waals surface area (Å²) in [5, 5.41) is 0. The minimum Gasteiger partial charge on any atom is -0.454 e. The van der Waals surface area contributed by atoms with Gasteiger partial charge in [0.25, 0.3) is 0 Å². The highest BCUT2D eigenvalue weighted by molar-refractivity contribution is 6.22. The van der Waals surface area contributed by atoms with Gasteiger partial charge in [-0.15, -0.1) is 0 Å². The van der Waals surface area contributed by atoms with Crippen molar-refractivity contribution in [2.24, 2.45) is 17.8 Å². The molecule has 0 saturated carbocycles. The van der Waals surface area contributed by atoms with Gasteiger partial charge in [0.05, 0.1) is 23.1 Å². The number of allylic oxidation sites excluding steroid dienone is 2. The second-order valence-electron chi connectivity index (χ2n) is 9.16. The standard InChI is InChI=1S/C30H25NO5/c1-19-6-5-9-25-27(19)29(34)31(28(25)33)24-16-14-23(15-17-24)30(35)36-18-26(32)22-12-10-21(11-13-22)20-7-3-2-4-8-20/h2-8,10-17,19,25,27H,9,18H2,1H3/t19-,25-,27+/m0/s1. The Hall–Kier alpha value is -4.32. The number of benzene rings is 3. The van der Waals surface area contributed by atoms with Gasteiger partial charge in [-0.25, -0.2) is 4.79 Å². The van der Waals surface area contributed by atoms with Gasteiger partial charge in [-0.2, -0.15) is 0 Å². The number of Topliss-reactive ketones (excluding diaryl/α,β-unsaturated/α-hetero) is 1. The monoisotopic (exact) mass is 479 g/mol. The predicted molar refractivity (Wildman–Crippen MR) is 135 cm³/mol. The highest BCUT2D eigenvalue weighted by Crippen LogP contribution is 2.40. The van der Waals surface area contributed by atoms with Crippen LogP contribution in [0.3, 0.4) is 0 Å². The van der Waals surface area contributed by atoms with Crippen molar-refractivity contribution in [3.05, 3.63) is 102 Å². The Morgan fingerprint density at radius 3 is 2.14 bits per heavy atom. The minimum atomic E-state index is -0.652. The molecule has 6 nitrogen and oxygen atoms in total. The van der Waals surface area contributed by atoms with Crippen LogP contribution in [0.1, 0.15) is 34.1 Å². The van der Waals surface area contributed by atoms with Crippen molar-refractivity contribution in [1.82, 2.24) is 0 Å². The topological polar surface area (TPSA) is 80.8 Å². The highest BCUT2D eigenvalue weighted by atomic mass is 16.5. The van der Waals surface area contributed by atoms with E-state index in [9.17, 15) is 19.2 Å². The largest absolute Gasteiger partial charge is 0.454 e. The van der Waals surface area contributed by atoms with E-state index < -0.39 is 5.97 Å². The number of anilines is 1. The van der Waals surface area contributed by atoms with Crippen molar-refractivity contribution in [3.63, 3.8) is 0 Å². The maximum Gasteiger partial charge on any atom is 0.338 e. The zero-order valence-corrected chi connectivity index (χ0v) is 19.8. The first kappa shape index (κ1) is 23.4. The quantitative estimate of drug-likeness (QED) is 0.213. The molecule has 1 aliphatic heterocycles. The molecular weight excluding hydrogens is 454 g/mol. The summed E-state index contributed by atoms with van der Waals surface area (Å²) in [7, 11) is 0. The Balaban J connectivity index is 1.20. The number of hydrogen-bond donors (Lipinski definition) is 0. The molecule has 1 fully saturated rings. The molecule has 0 radical (unpaired) electrons.